The first-order valence-corrected chi connectivity index (χ1v) is 5.22. The first-order valence-electron chi connectivity index (χ1n) is 5.22. The van der Waals surface area contributed by atoms with Crippen molar-refractivity contribution in [2.75, 3.05) is 14.2 Å². The van der Waals surface area contributed by atoms with Crippen LogP contribution >= 0.6 is 0 Å². The molecule has 0 saturated heterocycles. The molecule has 0 fully saturated rings. The smallest absolute Gasteiger partial charge is 0.320 e. The third-order valence-electron chi connectivity index (χ3n) is 2.39. The lowest BCUT2D eigenvalue weighted by Gasteiger charge is -2.16. The fourth-order valence-electron chi connectivity index (χ4n) is 1.59. The van der Waals surface area contributed by atoms with Crippen LogP contribution in [0, 0.1) is 11.8 Å². The first kappa shape index (κ1) is 13.9. The summed E-state index contributed by atoms with van der Waals surface area (Å²) in [6, 6.07) is 0. The summed E-state index contributed by atoms with van der Waals surface area (Å²) in [5.74, 6) is -1.48. The molecule has 0 radical (unpaired) electrons. The Morgan fingerprint density at radius 3 is 1.93 bits per heavy atom. The molecule has 0 aliphatic heterocycles. The Bertz CT molecular complexity index is 197. The minimum atomic E-state index is -0.776. The summed E-state index contributed by atoms with van der Waals surface area (Å²) in [6.07, 6.45) is 2.52. The van der Waals surface area contributed by atoms with Crippen molar-refractivity contribution in [1.29, 1.82) is 0 Å². The fourth-order valence-corrected chi connectivity index (χ4v) is 1.59. The molecule has 0 heterocycles. The van der Waals surface area contributed by atoms with Gasteiger partial charge in [-0.25, -0.2) is 0 Å². The van der Waals surface area contributed by atoms with Gasteiger partial charge in [-0.15, -0.1) is 0 Å². The average Bonchev–Trinajstić information content (AvgIpc) is 2.24. The number of esters is 2. The molecule has 0 aliphatic carbocycles. The maximum atomic E-state index is 11.3. The van der Waals surface area contributed by atoms with Crippen molar-refractivity contribution in [3.05, 3.63) is 0 Å². The molecule has 0 amide bonds. The number of carbonyl (C=O) groups is 2. The summed E-state index contributed by atoms with van der Waals surface area (Å²) in [7, 11) is 2.56. The number of ether oxygens (including phenoxy) is 2. The van der Waals surface area contributed by atoms with Crippen molar-refractivity contribution in [3.8, 4) is 0 Å². The van der Waals surface area contributed by atoms with Gasteiger partial charge in [0.25, 0.3) is 0 Å². The number of rotatable bonds is 6. The summed E-state index contributed by atoms with van der Waals surface area (Å²) in [6.45, 7) is 4.09. The zero-order valence-electron chi connectivity index (χ0n) is 9.91. The van der Waals surface area contributed by atoms with E-state index in [1.165, 1.54) is 14.2 Å². The molecule has 0 aliphatic rings. The van der Waals surface area contributed by atoms with Crippen molar-refractivity contribution >= 4 is 11.9 Å². The standard InChI is InChI=1S/C11H20O4/c1-5-6-8(2)7-9(10(12)14-3)11(13)15-4/h8-9H,5-7H2,1-4H3. The maximum absolute atomic E-state index is 11.3. The van der Waals surface area contributed by atoms with Gasteiger partial charge in [-0.2, -0.15) is 0 Å². The van der Waals surface area contributed by atoms with E-state index in [9.17, 15) is 9.59 Å². The zero-order chi connectivity index (χ0) is 11.8. The molecule has 0 aromatic rings. The van der Waals surface area contributed by atoms with Gasteiger partial charge in [0, 0.05) is 0 Å². The van der Waals surface area contributed by atoms with Gasteiger partial charge in [0.2, 0.25) is 0 Å². The van der Waals surface area contributed by atoms with Crippen LogP contribution in [-0.4, -0.2) is 26.2 Å². The second kappa shape index (κ2) is 7.26. The van der Waals surface area contributed by atoms with E-state index in [2.05, 4.69) is 16.4 Å². The molecular formula is C11H20O4. The van der Waals surface area contributed by atoms with Gasteiger partial charge in [-0.1, -0.05) is 26.7 Å². The lowest BCUT2D eigenvalue weighted by molar-refractivity contribution is -0.159. The molecule has 0 N–H and O–H groups in total. The van der Waals surface area contributed by atoms with E-state index in [1.54, 1.807) is 0 Å². The highest BCUT2D eigenvalue weighted by Crippen LogP contribution is 2.19. The normalized spacial score (nSPS) is 12.3. The van der Waals surface area contributed by atoms with Crippen LogP contribution in [0.5, 0.6) is 0 Å². The molecule has 88 valence electrons. The molecule has 1 atom stereocenters. The van der Waals surface area contributed by atoms with Crippen LogP contribution in [0.1, 0.15) is 33.1 Å². The summed E-state index contributed by atoms with van der Waals surface area (Å²) < 4.78 is 9.15. The SMILES string of the molecule is CCCC(C)CC(C(=O)OC)C(=O)OC. The Labute approximate surface area is 90.9 Å². The van der Waals surface area contributed by atoms with Crippen LogP contribution in [0.15, 0.2) is 0 Å². The van der Waals surface area contributed by atoms with Gasteiger partial charge in [0.15, 0.2) is 5.92 Å². The van der Waals surface area contributed by atoms with E-state index in [-0.39, 0.29) is 0 Å². The van der Waals surface area contributed by atoms with Crippen molar-refractivity contribution in [1.82, 2.24) is 0 Å². The summed E-state index contributed by atoms with van der Waals surface area (Å²) in [5.41, 5.74) is 0. The number of methoxy groups -OCH3 is 2. The number of hydrogen-bond acceptors (Lipinski definition) is 4. The van der Waals surface area contributed by atoms with Crippen molar-refractivity contribution < 1.29 is 19.1 Å². The van der Waals surface area contributed by atoms with E-state index < -0.39 is 17.9 Å². The molecule has 15 heavy (non-hydrogen) atoms. The molecule has 0 rings (SSSR count). The molecule has 4 nitrogen and oxygen atoms in total. The third-order valence-corrected chi connectivity index (χ3v) is 2.39. The van der Waals surface area contributed by atoms with Crippen molar-refractivity contribution in [2.45, 2.75) is 33.1 Å². The topological polar surface area (TPSA) is 52.6 Å². The Balaban J connectivity index is 4.37. The molecule has 4 heteroatoms. The monoisotopic (exact) mass is 216 g/mol. The molecule has 0 saturated carbocycles. The average molecular weight is 216 g/mol. The fraction of sp³-hybridized carbons (Fsp3) is 0.818. The summed E-state index contributed by atoms with van der Waals surface area (Å²) in [5, 5.41) is 0. The second-order valence-electron chi connectivity index (χ2n) is 3.73. The van der Waals surface area contributed by atoms with Gasteiger partial charge >= 0.3 is 11.9 Å². The Morgan fingerprint density at radius 1 is 1.13 bits per heavy atom. The van der Waals surface area contributed by atoms with Crippen LogP contribution in [0.3, 0.4) is 0 Å². The first-order chi connectivity index (χ1) is 7.06. The van der Waals surface area contributed by atoms with Crippen LogP contribution in [0.4, 0.5) is 0 Å². The van der Waals surface area contributed by atoms with Gasteiger partial charge in [0.05, 0.1) is 14.2 Å². The minimum absolute atomic E-state index is 0.318. The highest BCUT2D eigenvalue weighted by molar-refractivity contribution is 5.94. The van der Waals surface area contributed by atoms with E-state index in [0.29, 0.717) is 12.3 Å². The van der Waals surface area contributed by atoms with Gasteiger partial charge in [-0.3, -0.25) is 9.59 Å². The van der Waals surface area contributed by atoms with E-state index >= 15 is 0 Å². The predicted octanol–water partition coefficient (Wildman–Crippen LogP) is 1.77. The number of carbonyl (C=O) groups excluding carboxylic acids is 2. The molecule has 1 unspecified atom stereocenters. The molecule has 0 bridgehead atoms. The quantitative estimate of drug-likeness (QED) is 0.501. The zero-order valence-corrected chi connectivity index (χ0v) is 9.91. The van der Waals surface area contributed by atoms with E-state index in [4.69, 9.17) is 0 Å². The minimum Gasteiger partial charge on any atom is -0.468 e. The largest absolute Gasteiger partial charge is 0.468 e. The van der Waals surface area contributed by atoms with Gasteiger partial charge in [-0.05, 0) is 12.3 Å². The second-order valence-corrected chi connectivity index (χ2v) is 3.73. The van der Waals surface area contributed by atoms with Crippen LogP contribution in [-0.2, 0) is 19.1 Å². The van der Waals surface area contributed by atoms with Crippen LogP contribution in [0.25, 0.3) is 0 Å². The third kappa shape index (κ3) is 4.81. The van der Waals surface area contributed by atoms with Gasteiger partial charge in [0.1, 0.15) is 0 Å². The summed E-state index contributed by atoms with van der Waals surface area (Å²) in [4.78, 5) is 22.7. The van der Waals surface area contributed by atoms with Crippen LogP contribution < -0.4 is 0 Å². The lowest BCUT2D eigenvalue weighted by Crippen LogP contribution is -2.28. The van der Waals surface area contributed by atoms with Crippen LogP contribution in [0.2, 0.25) is 0 Å². The molecule has 0 aromatic carbocycles. The Kier molecular flexibility index (Phi) is 6.75. The summed E-state index contributed by atoms with van der Waals surface area (Å²) >= 11 is 0. The van der Waals surface area contributed by atoms with E-state index in [0.717, 1.165) is 12.8 Å². The van der Waals surface area contributed by atoms with E-state index in [1.807, 2.05) is 6.92 Å². The molecule has 0 spiro atoms. The Hall–Kier alpha value is -1.06. The van der Waals surface area contributed by atoms with Crippen molar-refractivity contribution in [2.24, 2.45) is 11.8 Å². The lowest BCUT2D eigenvalue weighted by atomic mass is 9.92. The van der Waals surface area contributed by atoms with Crippen molar-refractivity contribution in [3.63, 3.8) is 0 Å². The maximum Gasteiger partial charge on any atom is 0.320 e. The highest BCUT2D eigenvalue weighted by Gasteiger charge is 2.29. The highest BCUT2D eigenvalue weighted by atomic mass is 16.5. The Morgan fingerprint density at radius 2 is 1.60 bits per heavy atom. The van der Waals surface area contributed by atoms with Gasteiger partial charge < -0.3 is 9.47 Å². The molecular weight excluding hydrogens is 196 g/mol. The predicted molar refractivity (Wildman–Crippen MR) is 56.2 cm³/mol. The number of hydrogen-bond donors (Lipinski definition) is 0. The molecule has 0 aromatic heterocycles.